The zero-order chi connectivity index (χ0) is 19.8. The monoisotopic (exact) mass is 369 g/mol. The molecule has 0 saturated carbocycles. The van der Waals surface area contributed by atoms with Gasteiger partial charge in [0.2, 0.25) is 11.8 Å². The highest BCUT2D eigenvalue weighted by Crippen LogP contribution is 2.27. The van der Waals surface area contributed by atoms with Crippen molar-refractivity contribution in [3.05, 3.63) is 54.1 Å². The Hall–Kier alpha value is -3.35. The van der Waals surface area contributed by atoms with Crippen LogP contribution >= 0.6 is 0 Å². The average molecular weight is 369 g/mol. The van der Waals surface area contributed by atoms with Crippen LogP contribution in [0.1, 0.15) is 24.2 Å². The van der Waals surface area contributed by atoms with Crippen molar-refractivity contribution in [2.24, 2.45) is 5.92 Å². The summed E-state index contributed by atoms with van der Waals surface area (Å²) >= 11 is 0. The maximum absolute atomic E-state index is 12.2. The van der Waals surface area contributed by atoms with Gasteiger partial charge in [-0.3, -0.25) is 14.4 Å². The van der Waals surface area contributed by atoms with Crippen molar-refractivity contribution in [3.63, 3.8) is 0 Å². The second-order valence-corrected chi connectivity index (χ2v) is 6.15. The van der Waals surface area contributed by atoms with E-state index in [2.05, 4.69) is 16.0 Å². The number of hydrogen-bond acceptors (Lipinski definition) is 4. The molecule has 0 aliphatic heterocycles. The van der Waals surface area contributed by atoms with E-state index in [9.17, 15) is 14.4 Å². The van der Waals surface area contributed by atoms with Gasteiger partial charge in [-0.25, -0.2) is 0 Å². The normalized spacial score (nSPS) is 10.2. The molecule has 2 rings (SSSR count). The summed E-state index contributed by atoms with van der Waals surface area (Å²) in [5.74, 6) is -0.618. The highest BCUT2D eigenvalue weighted by Gasteiger charge is 2.14. The van der Waals surface area contributed by atoms with E-state index in [4.69, 9.17) is 4.74 Å². The minimum atomic E-state index is -0.424. The van der Waals surface area contributed by atoms with E-state index in [0.29, 0.717) is 22.7 Å². The van der Waals surface area contributed by atoms with Gasteiger partial charge in [0.1, 0.15) is 5.75 Å². The van der Waals surface area contributed by atoms with Crippen LogP contribution in [0.5, 0.6) is 5.75 Å². The molecule has 0 saturated heterocycles. The van der Waals surface area contributed by atoms with Gasteiger partial charge in [0.05, 0.1) is 25.0 Å². The van der Waals surface area contributed by atoms with Crippen LogP contribution in [0.3, 0.4) is 0 Å². The second kappa shape index (κ2) is 9.38. The number of amides is 3. The highest BCUT2D eigenvalue weighted by atomic mass is 16.5. The first-order valence-corrected chi connectivity index (χ1v) is 8.52. The summed E-state index contributed by atoms with van der Waals surface area (Å²) in [6.07, 6.45) is 0. The van der Waals surface area contributed by atoms with Gasteiger partial charge in [-0.05, 0) is 24.3 Å². The molecule has 0 aliphatic carbocycles. The van der Waals surface area contributed by atoms with Gasteiger partial charge in [0, 0.05) is 17.5 Å². The van der Waals surface area contributed by atoms with E-state index in [0.717, 1.165) is 0 Å². The van der Waals surface area contributed by atoms with E-state index in [-0.39, 0.29) is 24.3 Å². The van der Waals surface area contributed by atoms with Crippen molar-refractivity contribution in [3.8, 4) is 5.75 Å². The maximum atomic E-state index is 12.2. The van der Waals surface area contributed by atoms with Gasteiger partial charge in [-0.15, -0.1) is 0 Å². The summed E-state index contributed by atoms with van der Waals surface area (Å²) in [5, 5.41) is 8.01. The SMILES string of the molecule is COc1ccc(NC(=O)C(C)C)c(NC(=O)CNC(=O)c2ccccc2)c1. The van der Waals surface area contributed by atoms with Crippen molar-refractivity contribution < 1.29 is 19.1 Å². The van der Waals surface area contributed by atoms with Gasteiger partial charge in [0.15, 0.2) is 0 Å². The Morgan fingerprint density at radius 1 is 0.963 bits per heavy atom. The third-order valence-electron chi connectivity index (χ3n) is 3.73. The zero-order valence-electron chi connectivity index (χ0n) is 15.5. The molecule has 3 amide bonds. The highest BCUT2D eigenvalue weighted by molar-refractivity contribution is 6.03. The molecular formula is C20H23N3O4. The summed E-state index contributed by atoms with van der Waals surface area (Å²) in [7, 11) is 1.51. The molecule has 0 spiro atoms. The van der Waals surface area contributed by atoms with Crippen molar-refractivity contribution in [2.45, 2.75) is 13.8 Å². The third-order valence-corrected chi connectivity index (χ3v) is 3.73. The fourth-order valence-electron chi connectivity index (χ4n) is 2.19. The molecule has 27 heavy (non-hydrogen) atoms. The van der Waals surface area contributed by atoms with Crippen LogP contribution in [-0.4, -0.2) is 31.4 Å². The molecule has 0 heterocycles. The van der Waals surface area contributed by atoms with Crippen LogP contribution in [0.15, 0.2) is 48.5 Å². The predicted molar refractivity (Wildman–Crippen MR) is 104 cm³/mol. The first kappa shape index (κ1) is 20.0. The standard InChI is InChI=1S/C20H23N3O4/c1-13(2)19(25)23-16-10-9-15(27-3)11-17(16)22-18(24)12-21-20(26)14-7-5-4-6-8-14/h4-11,13H,12H2,1-3H3,(H,21,26)(H,22,24)(H,23,25). The Labute approximate surface area is 158 Å². The number of nitrogens with one attached hydrogen (secondary N) is 3. The van der Waals surface area contributed by atoms with E-state index < -0.39 is 5.91 Å². The number of rotatable bonds is 7. The van der Waals surface area contributed by atoms with Crippen molar-refractivity contribution in [2.75, 3.05) is 24.3 Å². The molecule has 0 atom stereocenters. The molecular weight excluding hydrogens is 346 g/mol. The number of anilines is 2. The van der Waals surface area contributed by atoms with Gasteiger partial charge in [-0.1, -0.05) is 32.0 Å². The summed E-state index contributed by atoms with van der Waals surface area (Å²) in [4.78, 5) is 36.2. The number of benzene rings is 2. The molecule has 3 N–H and O–H groups in total. The molecule has 0 bridgehead atoms. The minimum absolute atomic E-state index is 0.173. The smallest absolute Gasteiger partial charge is 0.251 e. The quantitative estimate of drug-likeness (QED) is 0.699. The Kier molecular flexibility index (Phi) is 6.93. The fourth-order valence-corrected chi connectivity index (χ4v) is 2.19. The van der Waals surface area contributed by atoms with Crippen molar-refractivity contribution in [1.29, 1.82) is 0 Å². The van der Waals surface area contributed by atoms with E-state index in [1.54, 1.807) is 62.4 Å². The lowest BCUT2D eigenvalue weighted by atomic mass is 10.2. The minimum Gasteiger partial charge on any atom is -0.497 e. The van der Waals surface area contributed by atoms with Crippen molar-refractivity contribution >= 4 is 29.1 Å². The van der Waals surface area contributed by atoms with E-state index >= 15 is 0 Å². The van der Waals surface area contributed by atoms with Crippen LogP contribution in [-0.2, 0) is 9.59 Å². The molecule has 7 nitrogen and oxygen atoms in total. The Bertz CT molecular complexity index is 819. The van der Waals surface area contributed by atoms with Crippen LogP contribution in [0.25, 0.3) is 0 Å². The van der Waals surface area contributed by atoms with Gasteiger partial charge >= 0.3 is 0 Å². The fraction of sp³-hybridized carbons (Fsp3) is 0.250. The summed E-state index contributed by atoms with van der Waals surface area (Å²) in [6, 6.07) is 13.6. The zero-order valence-corrected chi connectivity index (χ0v) is 15.5. The van der Waals surface area contributed by atoms with Gasteiger partial charge in [-0.2, -0.15) is 0 Å². The molecule has 142 valence electrons. The maximum Gasteiger partial charge on any atom is 0.251 e. The molecule has 0 fully saturated rings. The van der Waals surface area contributed by atoms with Crippen molar-refractivity contribution in [1.82, 2.24) is 5.32 Å². The largest absolute Gasteiger partial charge is 0.497 e. The molecule has 0 radical (unpaired) electrons. The van der Waals surface area contributed by atoms with E-state index in [1.165, 1.54) is 7.11 Å². The first-order valence-electron chi connectivity index (χ1n) is 8.52. The van der Waals surface area contributed by atoms with Gasteiger partial charge in [0.25, 0.3) is 5.91 Å². The third kappa shape index (κ3) is 5.85. The second-order valence-electron chi connectivity index (χ2n) is 6.15. The predicted octanol–water partition coefficient (Wildman–Crippen LogP) is 2.66. The van der Waals surface area contributed by atoms with Gasteiger partial charge < -0.3 is 20.7 Å². The number of hydrogen-bond donors (Lipinski definition) is 3. The van der Waals surface area contributed by atoms with Crippen LogP contribution in [0, 0.1) is 5.92 Å². The average Bonchev–Trinajstić information content (AvgIpc) is 2.67. The van der Waals surface area contributed by atoms with E-state index in [1.807, 2.05) is 0 Å². The lowest BCUT2D eigenvalue weighted by molar-refractivity contribution is -0.119. The molecule has 0 unspecified atom stereocenters. The van der Waals surface area contributed by atoms with Crippen LogP contribution < -0.4 is 20.7 Å². The number of carbonyl (C=O) groups excluding carboxylic acids is 3. The first-order chi connectivity index (χ1) is 12.9. The summed E-state index contributed by atoms with van der Waals surface area (Å²) in [5.41, 5.74) is 1.32. The molecule has 7 heteroatoms. The topological polar surface area (TPSA) is 96.5 Å². The summed E-state index contributed by atoms with van der Waals surface area (Å²) in [6.45, 7) is 3.34. The Morgan fingerprint density at radius 2 is 1.67 bits per heavy atom. The lowest BCUT2D eigenvalue weighted by Crippen LogP contribution is -2.33. The molecule has 2 aromatic carbocycles. The number of methoxy groups -OCH3 is 1. The number of ether oxygens (including phenoxy) is 1. The molecule has 0 aliphatic rings. The Morgan fingerprint density at radius 3 is 2.30 bits per heavy atom. The Balaban J connectivity index is 2.04. The van der Waals surface area contributed by atoms with Crippen LogP contribution in [0.2, 0.25) is 0 Å². The number of carbonyl (C=O) groups is 3. The molecule has 2 aromatic rings. The molecule has 0 aromatic heterocycles. The van der Waals surface area contributed by atoms with Crippen LogP contribution in [0.4, 0.5) is 11.4 Å². The lowest BCUT2D eigenvalue weighted by Gasteiger charge is -2.15. The summed E-state index contributed by atoms with van der Waals surface area (Å²) < 4.78 is 5.17.